The van der Waals surface area contributed by atoms with E-state index in [-0.39, 0.29) is 17.0 Å². The minimum absolute atomic E-state index is 0.0505. The first kappa shape index (κ1) is 25.5. The van der Waals surface area contributed by atoms with E-state index < -0.39 is 17.7 Å². The van der Waals surface area contributed by atoms with E-state index in [9.17, 15) is 14.7 Å². The number of Topliss-reactive ketones (excluding diaryl/α,β-unsaturated/α-hetero) is 1. The van der Waals surface area contributed by atoms with Gasteiger partial charge in [-0.15, -0.1) is 0 Å². The lowest BCUT2D eigenvalue weighted by molar-refractivity contribution is -0.132. The maximum absolute atomic E-state index is 13.7. The molecule has 1 atom stereocenters. The summed E-state index contributed by atoms with van der Waals surface area (Å²) in [4.78, 5) is 38.1. The molecule has 0 saturated carbocycles. The number of pyridine rings is 1. The summed E-state index contributed by atoms with van der Waals surface area (Å²) in [6, 6.07) is 15.8. The van der Waals surface area contributed by atoms with Crippen LogP contribution in [0.15, 0.2) is 79.0 Å². The fourth-order valence-electron chi connectivity index (χ4n) is 5.07. The summed E-state index contributed by atoms with van der Waals surface area (Å²) in [5.74, 6) is -1.36. The van der Waals surface area contributed by atoms with Crippen LogP contribution in [0.2, 0.25) is 0 Å². The van der Waals surface area contributed by atoms with E-state index in [1.807, 2.05) is 61.7 Å². The number of imidazole rings is 1. The number of ether oxygens (including phenoxy) is 1. The van der Waals surface area contributed by atoms with Crippen molar-refractivity contribution in [2.45, 2.75) is 26.8 Å². The predicted octanol–water partition coefficient (Wildman–Crippen LogP) is 6.06. The van der Waals surface area contributed by atoms with Gasteiger partial charge in [0, 0.05) is 6.20 Å². The van der Waals surface area contributed by atoms with Crippen LogP contribution in [0.5, 0.6) is 5.75 Å². The Hall–Kier alpha value is -4.76. The summed E-state index contributed by atoms with van der Waals surface area (Å²) in [6.07, 6.45) is 3.48. The molecule has 3 aromatic heterocycles. The highest BCUT2D eigenvalue weighted by atomic mass is 32.1. The second-order valence-electron chi connectivity index (χ2n) is 9.74. The van der Waals surface area contributed by atoms with Crippen LogP contribution < -0.4 is 9.64 Å². The van der Waals surface area contributed by atoms with Gasteiger partial charge in [-0.2, -0.15) is 0 Å². The van der Waals surface area contributed by atoms with Crippen LogP contribution in [0.3, 0.4) is 0 Å². The topological polar surface area (TPSA) is 97.0 Å². The molecule has 1 N–H and O–H groups in total. The third-order valence-electron chi connectivity index (χ3n) is 7.03. The van der Waals surface area contributed by atoms with Crippen LogP contribution in [0.25, 0.3) is 21.6 Å². The third-order valence-corrected chi connectivity index (χ3v) is 8.05. The van der Waals surface area contributed by atoms with Crippen molar-refractivity contribution >= 4 is 49.8 Å². The number of aliphatic hydroxyl groups is 1. The first-order valence-electron chi connectivity index (χ1n) is 12.7. The molecule has 0 spiro atoms. The van der Waals surface area contributed by atoms with Crippen molar-refractivity contribution in [1.29, 1.82) is 0 Å². The monoisotopic (exact) mass is 550 g/mol. The number of carbonyl (C=O) groups is 2. The number of anilines is 1. The molecule has 1 fully saturated rings. The average molecular weight is 551 g/mol. The van der Waals surface area contributed by atoms with E-state index in [1.54, 1.807) is 30.3 Å². The zero-order valence-corrected chi connectivity index (χ0v) is 23.0. The van der Waals surface area contributed by atoms with Crippen molar-refractivity contribution in [3.63, 3.8) is 0 Å². The molecule has 0 radical (unpaired) electrons. The zero-order chi connectivity index (χ0) is 28.1. The molecule has 1 unspecified atom stereocenters. The van der Waals surface area contributed by atoms with Crippen molar-refractivity contribution in [3.8, 4) is 5.75 Å². The Labute approximate surface area is 234 Å². The minimum atomic E-state index is -0.945. The van der Waals surface area contributed by atoms with E-state index in [0.29, 0.717) is 34.4 Å². The highest BCUT2D eigenvalue weighted by molar-refractivity contribution is 7.22. The van der Waals surface area contributed by atoms with Gasteiger partial charge in [-0.25, -0.2) is 9.97 Å². The van der Waals surface area contributed by atoms with Gasteiger partial charge in [-0.3, -0.25) is 14.5 Å². The van der Waals surface area contributed by atoms with Crippen LogP contribution in [-0.2, 0) is 9.59 Å². The number of ketones is 1. The molecule has 9 heteroatoms. The van der Waals surface area contributed by atoms with Gasteiger partial charge in [0.1, 0.15) is 23.7 Å². The van der Waals surface area contributed by atoms with Crippen LogP contribution in [-0.4, -0.2) is 37.8 Å². The quantitative estimate of drug-likeness (QED) is 0.119. The van der Waals surface area contributed by atoms with Crippen molar-refractivity contribution in [2.24, 2.45) is 0 Å². The number of carbonyl (C=O) groups excluding carboxylic acids is 2. The fraction of sp³-hybridized carbons (Fsp3) is 0.161. The van der Waals surface area contributed by atoms with Crippen molar-refractivity contribution < 1.29 is 19.4 Å². The van der Waals surface area contributed by atoms with Crippen LogP contribution in [0, 0.1) is 20.8 Å². The third kappa shape index (κ3) is 4.06. The average Bonchev–Trinajstić information content (AvgIpc) is 3.59. The number of hydrogen-bond acceptors (Lipinski definition) is 7. The molecule has 4 heterocycles. The summed E-state index contributed by atoms with van der Waals surface area (Å²) < 4.78 is 8.50. The Kier molecular flexibility index (Phi) is 6.23. The van der Waals surface area contributed by atoms with Crippen molar-refractivity contribution in [2.75, 3.05) is 11.5 Å². The second kappa shape index (κ2) is 9.77. The Bertz CT molecular complexity index is 1880. The SMILES string of the molecule is C=CCOc1cccc(C2C(=C(O)c3nc4c(C)cccn4c3C)C(=O)C(=O)N2c2nc3ccc(C)cc3s2)c1. The van der Waals surface area contributed by atoms with E-state index in [1.165, 1.54) is 16.2 Å². The molecular weight excluding hydrogens is 524 g/mol. The van der Waals surface area contributed by atoms with Gasteiger partial charge in [0.15, 0.2) is 10.9 Å². The van der Waals surface area contributed by atoms with Crippen molar-refractivity contribution in [3.05, 3.63) is 107 Å². The summed E-state index contributed by atoms with van der Waals surface area (Å²) in [5.41, 5.74) is 4.80. The summed E-state index contributed by atoms with van der Waals surface area (Å²) >= 11 is 1.32. The molecule has 1 saturated heterocycles. The first-order chi connectivity index (χ1) is 19.3. The van der Waals surface area contributed by atoms with E-state index in [4.69, 9.17) is 9.72 Å². The highest BCUT2D eigenvalue weighted by Crippen LogP contribution is 2.45. The number of aromatic nitrogens is 3. The molecule has 0 aliphatic carbocycles. The minimum Gasteiger partial charge on any atom is -0.505 e. The van der Waals surface area contributed by atoms with Gasteiger partial charge < -0.3 is 14.2 Å². The predicted molar refractivity (Wildman–Crippen MR) is 156 cm³/mol. The van der Waals surface area contributed by atoms with Gasteiger partial charge in [-0.1, -0.05) is 48.3 Å². The molecule has 2 aromatic carbocycles. The highest BCUT2D eigenvalue weighted by Gasteiger charge is 2.48. The Morgan fingerprint density at radius 1 is 1.10 bits per heavy atom. The standard InChI is InChI=1S/C31H26N4O4S/c1-5-14-39-21-10-6-9-20(16-21)26-24(27(36)25-19(4)34-13-7-8-18(3)29(34)33-25)28(37)30(38)35(26)31-32-22-12-11-17(2)15-23(22)40-31/h5-13,15-16,26,36H,1,14H2,2-4H3. The van der Waals surface area contributed by atoms with Gasteiger partial charge in [0.05, 0.1) is 27.5 Å². The largest absolute Gasteiger partial charge is 0.505 e. The molecule has 40 heavy (non-hydrogen) atoms. The molecule has 1 amide bonds. The van der Waals surface area contributed by atoms with Gasteiger partial charge in [0.2, 0.25) is 0 Å². The Morgan fingerprint density at radius 2 is 1.93 bits per heavy atom. The molecule has 6 rings (SSSR count). The molecule has 1 aliphatic heterocycles. The molecule has 1 aliphatic rings. The van der Waals surface area contributed by atoms with Crippen LogP contribution in [0.1, 0.15) is 34.1 Å². The van der Waals surface area contributed by atoms with Crippen molar-refractivity contribution in [1.82, 2.24) is 14.4 Å². The van der Waals surface area contributed by atoms with E-state index in [2.05, 4.69) is 11.6 Å². The second-order valence-corrected chi connectivity index (χ2v) is 10.7. The number of aryl methyl sites for hydroxylation is 3. The van der Waals surface area contributed by atoms with E-state index in [0.717, 1.165) is 21.3 Å². The number of rotatable bonds is 6. The van der Waals surface area contributed by atoms with Gasteiger partial charge in [-0.05, 0) is 67.8 Å². The van der Waals surface area contributed by atoms with Gasteiger partial charge >= 0.3 is 5.91 Å². The lowest BCUT2D eigenvalue weighted by atomic mass is 9.96. The number of benzene rings is 2. The number of amides is 1. The lowest BCUT2D eigenvalue weighted by Gasteiger charge is -2.23. The molecule has 0 bridgehead atoms. The number of thiazole rings is 1. The zero-order valence-electron chi connectivity index (χ0n) is 22.2. The molecule has 200 valence electrons. The molecule has 5 aromatic rings. The fourth-order valence-corrected chi connectivity index (χ4v) is 6.16. The maximum atomic E-state index is 13.7. The van der Waals surface area contributed by atoms with Gasteiger partial charge in [0.25, 0.3) is 5.78 Å². The molecular formula is C31H26N4O4S. The summed E-state index contributed by atoms with van der Waals surface area (Å²) in [7, 11) is 0. The van der Waals surface area contributed by atoms with Crippen LogP contribution >= 0.6 is 11.3 Å². The summed E-state index contributed by atoms with van der Waals surface area (Å²) in [5, 5.41) is 12.1. The lowest BCUT2D eigenvalue weighted by Crippen LogP contribution is -2.29. The smallest absolute Gasteiger partial charge is 0.301 e. The number of aliphatic hydroxyl groups excluding tert-OH is 1. The van der Waals surface area contributed by atoms with E-state index >= 15 is 0 Å². The number of hydrogen-bond donors (Lipinski definition) is 1. The summed E-state index contributed by atoms with van der Waals surface area (Å²) in [6.45, 7) is 9.72. The number of nitrogens with zero attached hydrogens (tertiary/aromatic N) is 4. The normalized spacial score (nSPS) is 16.8. The van der Waals surface area contributed by atoms with Crippen LogP contribution in [0.4, 0.5) is 5.13 Å². The Morgan fingerprint density at radius 3 is 2.70 bits per heavy atom. The maximum Gasteiger partial charge on any atom is 0.301 e. The molecule has 8 nitrogen and oxygen atoms in total. The number of fused-ring (bicyclic) bond motifs is 2. The first-order valence-corrected chi connectivity index (χ1v) is 13.6. The Balaban J connectivity index is 1.58.